The largest absolute Gasteiger partial charge is 0.463 e. The fraction of sp³-hybridized carbons (Fsp3) is 0.357. The Labute approximate surface area is 239 Å². The number of fused-ring (bicyclic) bond motifs is 1. The molecule has 0 radical (unpaired) electrons. The van der Waals surface area contributed by atoms with Gasteiger partial charge in [0.15, 0.2) is 29.3 Å². The van der Waals surface area contributed by atoms with E-state index < -0.39 is 66.7 Å². The lowest BCUT2D eigenvalue weighted by Gasteiger charge is -2.45. The molecule has 216 valence electrons. The first kappa shape index (κ1) is 29.6. The van der Waals surface area contributed by atoms with E-state index in [2.05, 4.69) is 0 Å². The molecule has 1 aromatic heterocycles. The smallest absolute Gasteiger partial charge is 0.303 e. The van der Waals surface area contributed by atoms with Gasteiger partial charge in [-0.15, -0.1) is 0 Å². The van der Waals surface area contributed by atoms with Crippen LogP contribution in [0, 0.1) is 4.77 Å². The molecule has 1 aliphatic rings. The number of carbonyl (C=O) groups excluding carboxylic acids is 4. The number of hydrogen-bond acceptors (Lipinski definition) is 11. The second-order valence-electron chi connectivity index (χ2n) is 9.24. The Morgan fingerprint density at radius 3 is 1.95 bits per heavy atom. The van der Waals surface area contributed by atoms with Gasteiger partial charge in [0, 0.05) is 27.7 Å². The standard InChI is InChI=1S/C28H28N2O10S/c1-15(31)36-14-22-23(37-16(2)32)24(38-17(3)33)25(39-18(4)34)27(40-22)30-21-13-9-8-12-20(21)26(35)29(28(30)41)19-10-6-5-7-11-19/h5-13,22-25,27H,14H2,1-4H3/t22-,23+,24-,25-,27+/m0/s1. The average molecular weight is 585 g/mol. The molecule has 3 aromatic rings. The summed E-state index contributed by atoms with van der Waals surface area (Å²) in [6, 6.07) is 15.3. The number of hydrogen-bond donors (Lipinski definition) is 0. The number of benzene rings is 2. The predicted octanol–water partition coefficient (Wildman–Crippen LogP) is 2.78. The summed E-state index contributed by atoms with van der Waals surface area (Å²) in [6.45, 7) is 4.21. The third-order valence-corrected chi connectivity index (χ3v) is 6.61. The number of para-hydroxylation sites is 2. The minimum Gasteiger partial charge on any atom is -0.463 e. The minimum atomic E-state index is -1.41. The highest BCUT2D eigenvalue weighted by Gasteiger charge is 2.53. The zero-order chi connectivity index (χ0) is 29.8. The number of esters is 4. The van der Waals surface area contributed by atoms with E-state index in [9.17, 15) is 24.0 Å². The van der Waals surface area contributed by atoms with Gasteiger partial charge in [0.1, 0.15) is 12.7 Å². The average Bonchev–Trinajstić information content (AvgIpc) is 2.90. The lowest BCUT2D eigenvalue weighted by molar-refractivity contribution is -0.268. The fourth-order valence-electron chi connectivity index (χ4n) is 4.75. The van der Waals surface area contributed by atoms with E-state index in [-0.39, 0.29) is 10.2 Å². The van der Waals surface area contributed by atoms with Crippen molar-refractivity contribution >= 4 is 47.0 Å². The normalized spacial score (nSPS) is 22.0. The maximum atomic E-state index is 13.6. The lowest BCUT2D eigenvalue weighted by Crippen LogP contribution is -2.60. The van der Waals surface area contributed by atoms with Gasteiger partial charge in [0.25, 0.3) is 5.56 Å². The van der Waals surface area contributed by atoms with Crippen molar-refractivity contribution < 1.29 is 42.9 Å². The SMILES string of the molecule is CC(=O)OC[C@@H]1O[C@@H](n2c(=S)n(-c3ccccc3)c(=O)c3ccccc32)[C@@H](OC(C)=O)[C@@H](OC(C)=O)[C@@H]1OC(C)=O. The summed E-state index contributed by atoms with van der Waals surface area (Å²) in [6.07, 6.45) is -6.68. The molecule has 1 fully saturated rings. The van der Waals surface area contributed by atoms with Gasteiger partial charge in [-0.2, -0.15) is 0 Å². The van der Waals surface area contributed by atoms with Crippen LogP contribution in [-0.4, -0.2) is 64.0 Å². The molecule has 2 heterocycles. The van der Waals surface area contributed by atoms with Crippen molar-refractivity contribution in [1.29, 1.82) is 0 Å². The summed E-state index contributed by atoms with van der Waals surface area (Å²) >= 11 is 5.83. The van der Waals surface area contributed by atoms with Crippen LogP contribution in [0.5, 0.6) is 0 Å². The molecule has 1 aliphatic heterocycles. The number of aromatic nitrogens is 2. The van der Waals surface area contributed by atoms with Gasteiger partial charge < -0.3 is 23.7 Å². The fourth-order valence-corrected chi connectivity index (χ4v) is 5.14. The highest BCUT2D eigenvalue weighted by molar-refractivity contribution is 7.71. The van der Waals surface area contributed by atoms with E-state index >= 15 is 0 Å². The molecule has 0 amide bonds. The van der Waals surface area contributed by atoms with Crippen LogP contribution < -0.4 is 5.56 Å². The van der Waals surface area contributed by atoms with Crippen LogP contribution in [0.25, 0.3) is 16.6 Å². The van der Waals surface area contributed by atoms with E-state index in [1.165, 1.54) is 16.1 Å². The molecule has 41 heavy (non-hydrogen) atoms. The topological polar surface area (TPSA) is 141 Å². The molecular formula is C28H28N2O10S. The van der Waals surface area contributed by atoms with Crippen molar-refractivity contribution in [1.82, 2.24) is 9.13 Å². The number of ether oxygens (including phenoxy) is 5. The number of nitrogens with zero attached hydrogens (tertiary/aromatic N) is 2. The van der Waals surface area contributed by atoms with E-state index in [0.29, 0.717) is 11.2 Å². The summed E-state index contributed by atoms with van der Waals surface area (Å²) in [5.74, 6) is -2.91. The van der Waals surface area contributed by atoms with Gasteiger partial charge in [-0.1, -0.05) is 30.3 Å². The molecule has 0 spiro atoms. The van der Waals surface area contributed by atoms with Gasteiger partial charge in [-0.05, 0) is 36.5 Å². The van der Waals surface area contributed by atoms with E-state index in [0.717, 1.165) is 20.8 Å². The van der Waals surface area contributed by atoms with Crippen LogP contribution in [0.15, 0.2) is 59.4 Å². The third kappa shape index (κ3) is 6.36. The lowest BCUT2D eigenvalue weighted by atomic mass is 9.96. The van der Waals surface area contributed by atoms with Gasteiger partial charge in [-0.3, -0.25) is 33.1 Å². The van der Waals surface area contributed by atoms with Crippen LogP contribution in [0.3, 0.4) is 0 Å². The zero-order valence-corrected chi connectivity index (χ0v) is 23.5. The monoisotopic (exact) mass is 584 g/mol. The van der Waals surface area contributed by atoms with Crippen molar-refractivity contribution in [2.45, 2.75) is 58.3 Å². The van der Waals surface area contributed by atoms with Crippen LogP contribution in [0.2, 0.25) is 0 Å². The highest BCUT2D eigenvalue weighted by atomic mass is 32.1. The quantitative estimate of drug-likeness (QED) is 0.230. The first-order chi connectivity index (χ1) is 19.5. The summed E-state index contributed by atoms with van der Waals surface area (Å²) in [4.78, 5) is 62.0. The summed E-state index contributed by atoms with van der Waals surface area (Å²) < 4.78 is 30.9. The highest BCUT2D eigenvalue weighted by Crippen LogP contribution is 2.36. The molecule has 12 nitrogen and oxygen atoms in total. The number of carbonyl (C=O) groups is 4. The molecule has 0 aliphatic carbocycles. The molecule has 5 atom stereocenters. The molecule has 0 saturated carbocycles. The Bertz CT molecular complexity index is 1600. The zero-order valence-electron chi connectivity index (χ0n) is 22.7. The second-order valence-corrected chi connectivity index (χ2v) is 9.60. The van der Waals surface area contributed by atoms with E-state index in [4.69, 9.17) is 35.9 Å². The first-order valence-corrected chi connectivity index (χ1v) is 13.0. The second kappa shape index (κ2) is 12.4. The van der Waals surface area contributed by atoms with Crippen molar-refractivity contribution in [3.63, 3.8) is 0 Å². The van der Waals surface area contributed by atoms with Crippen LogP contribution in [0.4, 0.5) is 0 Å². The summed E-state index contributed by atoms with van der Waals surface area (Å²) in [5, 5.41) is 0.262. The van der Waals surface area contributed by atoms with Crippen molar-refractivity contribution in [3.05, 3.63) is 69.7 Å². The first-order valence-electron chi connectivity index (χ1n) is 12.6. The maximum absolute atomic E-state index is 13.6. The Morgan fingerprint density at radius 2 is 1.34 bits per heavy atom. The molecule has 4 rings (SSSR count). The Balaban J connectivity index is 2.02. The predicted molar refractivity (Wildman–Crippen MR) is 146 cm³/mol. The van der Waals surface area contributed by atoms with Crippen LogP contribution >= 0.6 is 12.2 Å². The molecule has 0 bridgehead atoms. The minimum absolute atomic E-state index is 0.0270. The van der Waals surface area contributed by atoms with E-state index in [1.54, 1.807) is 54.6 Å². The van der Waals surface area contributed by atoms with Crippen LogP contribution in [-0.2, 0) is 42.9 Å². The van der Waals surface area contributed by atoms with Gasteiger partial charge in [0.05, 0.1) is 16.6 Å². The van der Waals surface area contributed by atoms with Crippen molar-refractivity contribution in [3.8, 4) is 5.69 Å². The molecule has 13 heteroatoms. The summed E-state index contributed by atoms with van der Waals surface area (Å²) in [5.41, 5.74) is 0.391. The summed E-state index contributed by atoms with van der Waals surface area (Å²) in [7, 11) is 0. The third-order valence-electron chi connectivity index (χ3n) is 6.23. The molecule has 1 saturated heterocycles. The molecule has 0 unspecified atom stereocenters. The van der Waals surface area contributed by atoms with Crippen LogP contribution in [0.1, 0.15) is 33.9 Å². The van der Waals surface area contributed by atoms with Crippen molar-refractivity contribution in [2.75, 3.05) is 6.61 Å². The Kier molecular flexibility index (Phi) is 8.98. The van der Waals surface area contributed by atoms with Crippen molar-refractivity contribution in [2.24, 2.45) is 0 Å². The van der Waals surface area contributed by atoms with Gasteiger partial charge >= 0.3 is 23.9 Å². The Morgan fingerprint density at radius 1 is 0.780 bits per heavy atom. The van der Waals surface area contributed by atoms with Gasteiger partial charge in [0.2, 0.25) is 0 Å². The molecular weight excluding hydrogens is 556 g/mol. The molecule has 2 aromatic carbocycles. The Hall–Kier alpha value is -4.36. The van der Waals surface area contributed by atoms with E-state index in [1.807, 2.05) is 0 Å². The maximum Gasteiger partial charge on any atom is 0.303 e. The van der Waals surface area contributed by atoms with Gasteiger partial charge in [-0.25, -0.2) is 0 Å². The number of rotatable bonds is 7. The molecule has 0 N–H and O–H groups in total.